The van der Waals surface area contributed by atoms with Gasteiger partial charge in [0.05, 0.1) is 11.4 Å². The summed E-state index contributed by atoms with van der Waals surface area (Å²) in [6.45, 7) is 5.10. The van der Waals surface area contributed by atoms with Crippen molar-refractivity contribution in [2.45, 2.75) is 50.6 Å². The Morgan fingerprint density at radius 1 is 0.950 bits per heavy atom. The number of carbonyl (C=O) groups is 2. The molecule has 0 N–H and O–H groups in total. The summed E-state index contributed by atoms with van der Waals surface area (Å²) < 4.78 is 28.3. The molecule has 0 bridgehead atoms. The maximum absolute atomic E-state index is 13.9. The van der Waals surface area contributed by atoms with Gasteiger partial charge in [0, 0.05) is 42.8 Å². The van der Waals surface area contributed by atoms with Gasteiger partial charge in [0.25, 0.3) is 5.91 Å². The first-order valence-corrected chi connectivity index (χ1v) is 15.5. The minimum Gasteiger partial charge on any atom is -0.338 e. The first-order valence-electron chi connectivity index (χ1n) is 13.6. The maximum Gasteiger partial charge on any atom is 0.253 e. The van der Waals surface area contributed by atoms with Crippen LogP contribution in [0.15, 0.2) is 83.8 Å². The average Bonchev–Trinajstić information content (AvgIpc) is 2.96. The first-order chi connectivity index (χ1) is 19.2. The molecule has 4 rings (SSSR count). The number of hydrogen-bond acceptors (Lipinski definition) is 4. The number of likely N-dealkylation sites (tertiary alicyclic amines) is 1. The monoisotopic (exact) mass is 581 g/mol. The summed E-state index contributed by atoms with van der Waals surface area (Å²) in [6.07, 6.45) is 1.78. The minimum atomic E-state index is -3.86. The van der Waals surface area contributed by atoms with Crippen LogP contribution in [0.25, 0.3) is 0 Å². The summed E-state index contributed by atoms with van der Waals surface area (Å²) in [6, 6.07) is 23.1. The van der Waals surface area contributed by atoms with Gasteiger partial charge in [-0.25, -0.2) is 8.42 Å². The lowest BCUT2D eigenvalue weighted by atomic mass is 10.0. The highest BCUT2D eigenvalue weighted by Crippen LogP contribution is 2.24. The molecular weight excluding hydrogens is 546 g/mol. The van der Waals surface area contributed by atoms with Crippen LogP contribution in [0.5, 0.6) is 0 Å². The normalized spacial score (nSPS) is 14.3. The number of piperidine rings is 1. The van der Waals surface area contributed by atoms with Crippen molar-refractivity contribution in [2.75, 3.05) is 26.2 Å². The van der Waals surface area contributed by atoms with Crippen molar-refractivity contribution in [2.24, 2.45) is 0 Å². The van der Waals surface area contributed by atoms with E-state index < -0.39 is 10.0 Å². The van der Waals surface area contributed by atoms with Crippen LogP contribution in [0.4, 0.5) is 0 Å². The predicted octanol–water partition coefficient (Wildman–Crippen LogP) is 5.38. The summed E-state index contributed by atoms with van der Waals surface area (Å²) in [5, 5.41) is 0.572. The van der Waals surface area contributed by atoms with Gasteiger partial charge in [0.15, 0.2) is 0 Å². The van der Waals surface area contributed by atoms with Crippen LogP contribution in [-0.4, -0.2) is 66.6 Å². The number of benzene rings is 3. The Kier molecular flexibility index (Phi) is 10.0. The molecule has 0 spiro atoms. The molecule has 3 aromatic carbocycles. The van der Waals surface area contributed by atoms with E-state index in [-0.39, 0.29) is 35.8 Å². The van der Waals surface area contributed by atoms with Gasteiger partial charge in [0.2, 0.25) is 15.9 Å². The molecule has 40 heavy (non-hydrogen) atoms. The summed E-state index contributed by atoms with van der Waals surface area (Å²) in [4.78, 5) is 30.6. The Labute approximate surface area is 242 Å². The zero-order valence-corrected chi connectivity index (χ0v) is 24.6. The fourth-order valence-corrected chi connectivity index (χ4v) is 6.73. The molecule has 2 amide bonds. The zero-order chi connectivity index (χ0) is 28.7. The second-order valence-electron chi connectivity index (χ2n) is 10.2. The average molecular weight is 582 g/mol. The van der Waals surface area contributed by atoms with E-state index in [0.29, 0.717) is 49.5 Å². The van der Waals surface area contributed by atoms with E-state index in [0.717, 1.165) is 11.1 Å². The molecule has 1 aliphatic rings. The molecule has 0 aromatic heterocycles. The van der Waals surface area contributed by atoms with Gasteiger partial charge in [-0.2, -0.15) is 4.31 Å². The summed E-state index contributed by atoms with van der Waals surface area (Å²) in [5.74, 6) is -0.290. The Morgan fingerprint density at radius 3 is 2.25 bits per heavy atom. The molecular formula is C31H36ClN3O4S. The van der Waals surface area contributed by atoms with Crippen LogP contribution in [0.3, 0.4) is 0 Å². The van der Waals surface area contributed by atoms with E-state index in [2.05, 4.69) is 0 Å². The lowest BCUT2D eigenvalue weighted by molar-refractivity contribution is -0.135. The molecule has 9 heteroatoms. The maximum atomic E-state index is 13.9. The molecule has 1 aliphatic heterocycles. The SMILES string of the molecule is CCCN(CC(=O)N(Cc1cccc(Cl)c1)C1CCN(C(=O)c2ccccc2)CC1)S(=O)(=O)c1ccc(C)cc1. The number of hydrogen-bond donors (Lipinski definition) is 0. The lowest BCUT2D eigenvalue weighted by Crippen LogP contribution is -2.51. The standard InChI is InChI=1S/C31H36ClN3O4S/c1-3-18-34(40(38,39)29-14-12-24(2)13-15-29)23-30(36)35(22-25-8-7-11-27(32)21-25)28-16-19-33(20-17-28)31(37)26-9-5-4-6-10-26/h4-15,21,28H,3,16-20,22-23H2,1-2H3. The van der Waals surface area contributed by atoms with Crippen molar-refractivity contribution in [1.29, 1.82) is 0 Å². The van der Waals surface area contributed by atoms with Crippen LogP contribution < -0.4 is 0 Å². The topological polar surface area (TPSA) is 78.0 Å². The van der Waals surface area contributed by atoms with E-state index >= 15 is 0 Å². The second-order valence-corrected chi connectivity index (χ2v) is 12.6. The fourth-order valence-electron chi connectivity index (χ4n) is 5.03. The number of halogens is 1. The molecule has 0 saturated carbocycles. The largest absolute Gasteiger partial charge is 0.338 e. The Morgan fingerprint density at radius 2 is 1.62 bits per heavy atom. The summed E-state index contributed by atoms with van der Waals surface area (Å²) in [7, 11) is -3.86. The predicted molar refractivity (Wildman–Crippen MR) is 158 cm³/mol. The number of amides is 2. The molecule has 0 aliphatic carbocycles. The fraction of sp³-hybridized carbons (Fsp3) is 0.355. The Balaban J connectivity index is 1.54. The molecule has 0 unspecified atom stereocenters. The first kappa shape index (κ1) is 29.8. The van der Waals surface area contributed by atoms with Crippen molar-refractivity contribution in [3.63, 3.8) is 0 Å². The molecule has 1 saturated heterocycles. The van der Waals surface area contributed by atoms with Crippen molar-refractivity contribution in [3.8, 4) is 0 Å². The quantitative estimate of drug-likeness (QED) is 0.322. The van der Waals surface area contributed by atoms with Crippen molar-refractivity contribution < 1.29 is 18.0 Å². The number of aryl methyl sites for hydroxylation is 1. The smallest absolute Gasteiger partial charge is 0.253 e. The van der Waals surface area contributed by atoms with Crippen LogP contribution in [-0.2, 0) is 21.4 Å². The lowest BCUT2D eigenvalue weighted by Gasteiger charge is -2.39. The second kappa shape index (κ2) is 13.4. The number of carbonyl (C=O) groups excluding carboxylic acids is 2. The molecule has 1 heterocycles. The molecule has 212 valence electrons. The number of rotatable bonds is 10. The van der Waals surface area contributed by atoms with Crippen molar-refractivity contribution in [1.82, 2.24) is 14.1 Å². The third-order valence-electron chi connectivity index (χ3n) is 7.22. The molecule has 0 radical (unpaired) electrons. The van der Waals surface area contributed by atoms with Crippen LogP contribution in [0.2, 0.25) is 5.02 Å². The highest BCUT2D eigenvalue weighted by Gasteiger charge is 2.33. The number of sulfonamides is 1. The van der Waals surface area contributed by atoms with Gasteiger partial charge in [-0.1, -0.05) is 66.6 Å². The highest BCUT2D eigenvalue weighted by molar-refractivity contribution is 7.89. The van der Waals surface area contributed by atoms with Gasteiger partial charge in [-0.05, 0) is 68.1 Å². The Hall–Kier alpha value is -3.20. The van der Waals surface area contributed by atoms with Crippen LogP contribution in [0.1, 0.15) is 47.7 Å². The molecule has 3 aromatic rings. The van der Waals surface area contributed by atoms with Gasteiger partial charge in [-0.15, -0.1) is 0 Å². The summed E-state index contributed by atoms with van der Waals surface area (Å²) >= 11 is 6.24. The van der Waals surface area contributed by atoms with E-state index in [1.807, 2.05) is 55.1 Å². The zero-order valence-electron chi connectivity index (χ0n) is 23.0. The van der Waals surface area contributed by atoms with Gasteiger partial charge < -0.3 is 9.80 Å². The van der Waals surface area contributed by atoms with Crippen LogP contribution in [0, 0.1) is 6.92 Å². The highest BCUT2D eigenvalue weighted by atomic mass is 35.5. The Bertz CT molecular complexity index is 1410. The van der Waals surface area contributed by atoms with E-state index in [9.17, 15) is 18.0 Å². The molecule has 0 atom stereocenters. The third-order valence-corrected chi connectivity index (χ3v) is 9.31. The van der Waals surface area contributed by atoms with Crippen molar-refractivity contribution in [3.05, 3.63) is 101 Å². The van der Waals surface area contributed by atoms with Crippen LogP contribution >= 0.6 is 11.6 Å². The van der Waals surface area contributed by atoms with Crippen molar-refractivity contribution >= 4 is 33.4 Å². The van der Waals surface area contributed by atoms with Gasteiger partial charge >= 0.3 is 0 Å². The molecule has 7 nitrogen and oxygen atoms in total. The van der Waals surface area contributed by atoms with E-state index in [4.69, 9.17) is 11.6 Å². The molecule has 1 fully saturated rings. The summed E-state index contributed by atoms with van der Waals surface area (Å²) in [5.41, 5.74) is 2.47. The third kappa shape index (κ3) is 7.30. The minimum absolute atomic E-state index is 0.0231. The van der Waals surface area contributed by atoms with Gasteiger partial charge in [-0.3, -0.25) is 9.59 Å². The number of nitrogens with zero attached hydrogens (tertiary/aromatic N) is 3. The van der Waals surface area contributed by atoms with E-state index in [1.54, 1.807) is 47.4 Å². The van der Waals surface area contributed by atoms with Gasteiger partial charge in [0.1, 0.15) is 0 Å². The van der Waals surface area contributed by atoms with E-state index in [1.165, 1.54) is 4.31 Å².